The molecule has 4 N–H and O–H groups in total. The Hall–Kier alpha value is -2.00. The van der Waals surface area contributed by atoms with Gasteiger partial charge in [-0.05, 0) is 18.8 Å². The Balaban J connectivity index is 2.24. The largest absolute Gasteiger partial charge is 0.396 e. The van der Waals surface area contributed by atoms with Crippen LogP contribution in [0.4, 0.5) is 17.5 Å². The third-order valence-corrected chi connectivity index (χ3v) is 3.25. The Bertz CT molecular complexity index is 461. The first-order chi connectivity index (χ1) is 9.15. The molecule has 9 nitrogen and oxygen atoms in total. The van der Waals surface area contributed by atoms with Gasteiger partial charge < -0.3 is 10.0 Å². The van der Waals surface area contributed by atoms with Crippen LogP contribution in [0.3, 0.4) is 0 Å². The molecule has 0 aromatic carbocycles. The maximum atomic E-state index is 11.0. The average molecular weight is 268 g/mol. The van der Waals surface area contributed by atoms with Crippen LogP contribution in [0.1, 0.15) is 12.8 Å². The predicted octanol–water partition coefficient (Wildman–Crippen LogP) is -0.121. The molecule has 0 amide bonds. The van der Waals surface area contributed by atoms with Crippen molar-refractivity contribution in [2.24, 2.45) is 11.8 Å². The maximum absolute atomic E-state index is 11.0. The Morgan fingerprint density at radius 1 is 1.58 bits per heavy atom. The number of aliphatic hydroxyl groups excluding tert-OH is 1. The van der Waals surface area contributed by atoms with Crippen molar-refractivity contribution in [1.29, 1.82) is 0 Å². The van der Waals surface area contributed by atoms with Gasteiger partial charge in [-0.15, -0.1) is 0 Å². The quantitative estimate of drug-likeness (QED) is 0.391. The number of nitrogens with zero attached hydrogens (tertiary/aromatic N) is 4. The first-order valence-electron chi connectivity index (χ1n) is 5.99. The number of aliphatic hydroxyl groups is 1. The lowest BCUT2D eigenvalue weighted by atomic mass is 9.98. The number of anilines is 2. The van der Waals surface area contributed by atoms with Gasteiger partial charge in [-0.2, -0.15) is 4.98 Å². The summed E-state index contributed by atoms with van der Waals surface area (Å²) in [6.45, 7) is 1.38. The lowest BCUT2D eigenvalue weighted by Gasteiger charge is -2.31. The fraction of sp³-hybridized carbons (Fsp3) is 0.600. The molecule has 104 valence electrons. The highest BCUT2D eigenvalue weighted by Gasteiger charge is 2.26. The van der Waals surface area contributed by atoms with Gasteiger partial charge in [0.05, 0.1) is 4.92 Å². The van der Waals surface area contributed by atoms with E-state index in [4.69, 9.17) is 10.9 Å². The average Bonchev–Trinajstić information content (AvgIpc) is 2.46. The Kier molecular flexibility index (Phi) is 4.07. The molecule has 19 heavy (non-hydrogen) atoms. The van der Waals surface area contributed by atoms with Crippen LogP contribution in [0.15, 0.2) is 6.20 Å². The number of nitro groups is 1. The smallest absolute Gasteiger partial charge is 0.329 e. The minimum absolute atomic E-state index is 0.138. The highest BCUT2D eigenvalue weighted by Crippen LogP contribution is 2.29. The number of hydrogen-bond acceptors (Lipinski definition) is 8. The van der Waals surface area contributed by atoms with Crippen LogP contribution >= 0.6 is 0 Å². The maximum Gasteiger partial charge on any atom is 0.329 e. The van der Waals surface area contributed by atoms with Gasteiger partial charge in [-0.1, -0.05) is 0 Å². The predicted molar refractivity (Wildman–Crippen MR) is 68.5 cm³/mol. The Labute approximate surface area is 109 Å². The molecule has 9 heteroatoms. The molecular formula is C10H16N6O3. The van der Waals surface area contributed by atoms with E-state index in [1.165, 1.54) is 0 Å². The second kappa shape index (κ2) is 5.76. The fourth-order valence-electron chi connectivity index (χ4n) is 2.12. The Morgan fingerprint density at radius 3 is 2.79 bits per heavy atom. The number of hydrogen-bond donors (Lipinski definition) is 3. The van der Waals surface area contributed by atoms with Gasteiger partial charge in [-0.25, -0.2) is 10.8 Å². The number of aromatic nitrogens is 2. The van der Waals surface area contributed by atoms with Crippen LogP contribution in [0.5, 0.6) is 0 Å². The van der Waals surface area contributed by atoms with E-state index in [0.29, 0.717) is 13.1 Å². The van der Waals surface area contributed by atoms with Crippen molar-refractivity contribution in [2.75, 3.05) is 30.0 Å². The number of hydrazine groups is 1. The van der Waals surface area contributed by atoms with E-state index in [-0.39, 0.29) is 30.0 Å². The van der Waals surface area contributed by atoms with Crippen LogP contribution in [0, 0.1) is 16.0 Å². The lowest BCUT2D eigenvalue weighted by molar-refractivity contribution is -0.384. The number of rotatable bonds is 4. The summed E-state index contributed by atoms with van der Waals surface area (Å²) in [5.41, 5.74) is 2.14. The second-order valence-corrected chi connectivity index (χ2v) is 4.42. The van der Waals surface area contributed by atoms with Gasteiger partial charge >= 0.3 is 5.69 Å². The Morgan fingerprint density at radius 2 is 2.26 bits per heavy atom. The minimum atomic E-state index is -0.506. The highest BCUT2D eigenvalue weighted by atomic mass is 16.6. The molecule has 0 bridgehead atoms. The van der Waals surface area contributed by atoms with E-state index in [0.717, 1.165) is 19.0 Å². The van der Waals surface area contributed by atoms with E-state index in [1.54, 1.807) is 0 Å². The zero-order chi connectivity index (χ0) is 13.8. The molecule has 0 aliphatic carbocycles. The molecule has 0 saturated carbocycles. The highest BCUT2D eigenvalue weighted by molar-refractivity contribution is 5.59. The van der Waals surface area contributed by atoms with Crippen LogP contribution in [0.2, 0.25) is 0 Å². The molecule has 2 heterocycles. The molecular weight excluding hydrogens is 252 g/mol. The third kappa shape index (κ3) is 2.88. The molecule has 1 aliphatic rings. The number of nitrogens with two attached hydrogens (primary N) is 1. The minimum Gasteiger partial charge on any atom is -0.396 e. The molecule has 1 fully saturated rings. The van der Waals surface area contributed by atoms with Crippen molar-refractivity contribution >= 4 is 17.5 Å². The summed E-state index contributed by atoms with van der Waals surface area (Å²) in [6, 6.07) is 0. The molecule has 0 radical (unpaired) electrons. The van der Waals surface area contributed by atoms with E-state index in [9.17, 15) is 10.1 Å². The molecule has 0 spiro atoms. The first kappa shape index (κ1) is 13.4. The number of nitrogens with one attached hydrogen (secondary N) is 1. The summed E-state index contributed by atoms with van der Waals surface area (Å²) in [6.07, 6.45) is 2.71. The second-order valence-electron chi connectivity index (χ2n) is 4.42. The topological polar surface area (TPSA) is 130 Å². The van der Waals surface area contributed by atoms with Gasteiger partial charge in [0.2, 0.25) is 11.8 Å². The number of nitrogen functional groups attached to an aromatic ring is 1. The van der Waals surface area contributed by atoms with Crippen molar-refractivity contribution in [1.82, 2.24) is 9.97 Å². The van der Waals surface area contributed by atoms with E-state index >= 15 is 0 Å². The summed E-state index contributed by atoms with van der Waals surface area (Å²) in [5, 5.41) is 20.1. The monoisotopic (exact) mass is 268 g/mol. The van der Waals surface area contributed by atoms with Crippen molar-refractivity contribution in [3.8, 4) is 0 Å². The van der Waals surface area contributed by atoms with Gasteiger partial charge in [0, 0.05) is 19.7 Å². The molecule has 1 aromatic heterocycles. The number of piperidine rings is 1. The summed E-state index contributed by atoms with van der Waals surface area (Å²) < 4.78 is 0. The van der Waals surface area contributed by atoms with Gasteiger partial charge in [0.25, 0.3) is 0 Å². The first-order valence-corrected chi connectivity index (χ1v) is 5.99. The summed E-state index contributed by atoms with van der Waals surface area (Å²) in [4.78, 5) is 20.1. The standard InChI is InChI=1S/C10H16N6O3/c11-14-10-12-5-8(16(18)19)9(13-10)15-3-1-7(6-17)2-4-15/h5,7,17H,1-4,6,11H2,(H,12,13,14). The molecule has 1 aliphatic heterocycles. The van der Waals surface area contributed by atoms with Gasteiger partial charge in [0.1, 0.15) is 6.20 Å². The van der Waals surface area contributed by atoms with E-state index in [1.807, 2.05) is 4.90 Å². The van der Waals surface area contributed by atoms with Crippen molar-refractivity contribution < 1.29 is 10.0 Å². The van der Waals surface area contributed by atoms with Gasteiger partial charge in [0.15, 0.2) is 0 Å². The summed E-state index contributed by atoms with van der Waals surface area (Å²) in [7, 11) is 0. The molecule has 0 atom stereocenters. The van der Waals surface area contributed by atoms with E-state index in [2.05, 4.69) is 15.4 Å². The van der Waals surface area contributed by atoms with Crippen LogP contribution in [-0.4, -0.2) is 39.7 Å². The lowest BCUT2D eigenvalue weighted by Crippen LogP contribution is -2.36. The molecule has 2 rings (SSSR count). The summed E-state index contributed by atoms with van der Waals surface area (Å²) >= 11 is 0. The van der Waals surface area contributed by atoms with E-state index < -0.39 is 4.92 Å². The van der Waals surface area contributed by atoms with Crippen LogP contribution < -0.4 is 16.2 Å². The van der Waals surface area contributed by atoms with Gasteiger partial charge in [-0.3, -0.25) is 15.5 Å². The zero-order valence-corrected chi connectivity index (χ0v) is 10.3. The van der Waals surface area contributed by atoms with Crippen LogP contribution in [0.25, 0.3) is 0 Å². The van der Waals surface area contributed by atoms with Crippen molar-refractivity contribution in [2.45, 2.75) is 12.8 Å². The summed E-state index contributed by atoms with van der Waals surface area (Å²) in [5.74, 6) is 5.89. The molecule has 1 aromatic rings. The van der Waals surface area contributed by atoms with Crippen molar-refractivity contribution in [3.63, 3.8) is 0 Å². The third-order valence-electron chi connectivity index (χ3n) is 3.25. The normalized spacial score (nSPS) is 16.4. The SMILES string of the molecule is NNc1ncc([N+](=O)[O-])c(N2CCC(CO)CC2)n1. The zero-order valence-electron chi connectivity index (χ0n) is 10.3. The fourth-order valence-corrected chi connectivity index (χ4v) is 2.12. The molecule has 1 saturated heterocycles. The van der Waals surface area contributed by atoms with Crippen molar-refractivity contribution in [3.05, 3.63) is 16.3 Å². The molecule has 0 unspecified atom stereocenters. The van der Waals surface area contributed by atoms with Crippen LogP contribution in [-0.2, 0) is 0 Å².